The van der Waals surface area contributed by atoms with E-state index in [0.29, 0.717) is 29.4 Å². The number of furan rings is 1. The van der Waals surface area contributed by atoms with Crippen molar-refractivity contribution < 1.29 is 19.1 Å². The Morgan fingerprint density at radius 1 is 1.18 bits per heavy atom. The number of rotatable bonds is 4. The molecule has 0 bridgehead atoms. The summed E-state index contributed by atoms with van der Waals surface area (Å²) in [5.74, 6) is 0.661. The van der Waals surface area contributed by atoms with E-state index in [1.54, 1.807) is 12.3 Å². The van der Waals surface area contributed by atoms with Gasteiger partial charge >= 0.3 is 5.97 Å². The first-order valence-electron chi connectivity index (χ1n) is 12.6. The van der Waals surface area contributed by atoms with Crippen LogP contribution in [0.1, 0.15) is 78.4 Å². The van der Waals surface area contributed by atoms with Crippen molar-refractivity contribution in [3.05, 3.63) is 47.5 Å². The molecule has 0 aromatic carbocycles. The number of aliphatic carboxylic acids is 1. The zero-order chi connectivity index (χ0) is 23.6. The van der Waals surface area contributed by atoms with Gasteiger partial charge in [-0.1, -0.05) is 26.3 Å². The minimum absolute atomic E-state index is 0.164. The first-order valence-corrected chi connectivity index (χ1v) is 12.6. The van der Waals surface area contributed by atoms with Crippen LogP contribution in [0.5, 0.6) is 0 Å². The summed E-state index contributed by atoms with van der Waals surface area (Å²) < 4.78 is 5.53. The van der Waals surface area contributed by atoms with E-state index in [2.05, 4.69) is 25.2 Å². The summed E-state index contributed by atoms with van der Waals surface area (Å²) in [6.07, 6.45) is 13.7. The third kappa shape index (κ3) is 3.50. The van der Waals surface area contributed by atoms with Gasteiger partial charge in [0.2, 0.25) is 5.91 Å². The fourth-order valence-corrected chi connectivity index (χ4v) is 7.94. The number of allylic oxidation sites excluding steroid dienone is 3. The second-order valence-electron chi connectivity index (χ2n) is 12.0. The maximum Gasteiger partial charge on any atom is 0.332 e. The van der Waals surface area contributed by atoms with Crippen molar-refractivity contribution in [1.82, 2.24) is 5.32 Å². The molecular formula is C28H37NO4. The molecular weight excluding hydrogens is 414 g/mol. The molecule has 0 radical (unpaired) electrons. The molecule has 2 N–H and O–H groups in total. The minimum atomic E-state index is -0.997. The summed E-state index contributed by atoms with van der Waals surface area (Å²) in [5.41, 5.74) is 0.933. The molecule has 5 heteroatoms. The van der Waals surface area contributed by atoms with Crippen LogP contribution in [-0.2, 0) is 15.1 Å². The van der Waals surface area contributed by atoms with E-state index in [0.717, 1.165) is 17.9 Å². The van der Waals surface area contributed by atoms with Gasteiger partial charge in [0, 0.05) is 5.57 Å². The Bertz CT molecular complexity index is 1020. The molecule has 2 fully saturated rings. The summed E-state index contributed by atoms with van der Waals surface area (Å²) in [5, 5.41) is 13.1. The number of carboxylic acid groups (broad SMARTS) is 1. The fourth-order valence-electron chi connectivity index (χ4n) is 7.94. The second kappa shape index (κ2) is 7.61. The minimum Gasteiger partial charge on any atom is -0.478 e. The molecule has 2 saturated carbocycles. The lowest BCUT2D eigenvalue weighted by Gasteiger charge is -2.57. The molecule has 178 valence electrons. The summed E-state index contributed by atoms with van der Waals surface area (Å²) in [7, 11) is 0. The van der Waals surface area contributed by atoms with Crippen molar-refractivity contribution >= 4 is 11.9 Å². The number of amides is 1. The van der Waals surface area contributed by atoms with Crippen molar-refractivity contribution in [2.75, 3.05) is 0 Å². The topological polar surface area (TPSA) is 79.5 Å². The lowest BCUT2D eigenvalue weighted by molar-refractivity contribution is -0.137. The monoisotopic (exact) mass is 451 g/mol. The Kier molecular flexibility index (Phi) is 5.19. The fraction of sp³-hybridized carbons (Fsp3) is 0.643. The Hall–Kier alpha value is -2.30. The molecule has 5 rings (SSSR count). The van der Waals surface area contributed by atoms with Gasteiger partial charge in [-0.2, -0.15) is 0 Å². The highest BCUT2D eigenvalue weighted by molar-refractivity contribution is 5.97. The Labute approximate surface area is 196 Å². The molecule has 0 spiro atoms. The summed E-state index contributed by atoms with van der Waals surface area (Å²) >= 11 is 0. The zero-order valence-corrected chi connectivity index (χ0v) is 20.3. The molecule has 1 unspecified atom stereocenters. The predicted octanol–water partition coefficient (Wildman–Crippen LogP) is 5.83. The third-order valence-corrected chi connectivity index (χ3v) is 9.76. The van der Waals surface area contributed by atoms with E-state index in [4.69, 9.17) is 4.42 Å². The Morgan fingerprint density at radius 2 is 1.97 bits per heavy atom. The molecule has 33 heavy (non-hydrogen) atoms. The smallest absolute Gasteiger partial charge is 0.332 e. The van der Waals surface area contributed by atoms with Crippen LogP contribution in [0.15, 0.2) is 46.1 Å². The highest BCUT2D eigenvalue weighted by atomic mass is 16.4. The van der Waals surface area contributed by atoms with Gasteiger partial charge in [-0.25, -0.2) is 4.79 Å². The van der Waals surface area contributed by atoms with E-state index >= 15 is 0 Å². The molecule has 1 heterocycles. The molecule has 1 aromatic rings. The quantitative estimate of drug-likeness (QED) is 0.603. The number of carboxylic acids is 1. The molecule has 1 aromatic heterocycles. The molecule has 0 aliphatic heterocycles. The van der Waals surface area contributed by atoms with E-state index in [-0.39, 0.29) is 16.9 Å². The highest BCUT2D eigenvalue weighted by Crippen LogP contribution is 2.65. The summed E-state index contributed by atoms with van der Waals surface area (Å²) in [4.78, 5) is 25.8. The summed E-state index contributed by atoms with van der Waals surface area (Å²) in [6, 6.07) is 3.64. The van der Waals surface area contributed by atoms with Crippen LogP contribution in [0.25, 0.3) is 0 Å². The van der Waals surface area contributed by atoms with Gasteiger partial charge in [-0.15, -0.1) is 0 Å². The van der Waals surface area contributed by atoms with Crippen LogP contribution in [0.2, 0.25) is 0 Å². The molecule has 4 aliphatic carbocycles. The average molecular weight is 452 g/mol. The number of hydrogen-bond acceptors (Lipinski definition) is 3. The van der Waals surface area contributed by atoms with E-state index < -0.39 is 17.4 Å². The number of carbonyl (C=O) groups is 2. The van der Waals surface area contributed by atoms with Gasteiger partial charge in [0.1, 0.15) is 5.76 Å². The first kappa shape index (κ1) is 22.5. The predicted molar refractivity (Wildman–Crippen MR) is 126 cm³/mol. The van der Waals surface area contributed by atoms with Crippen LogP contribution >= 0.6 is 0 Å². The molecule has 1 amide bonds. The third-order valence-electron chi connectivity index (χ3n) is 9.76. The number of carbonyl (C=O) groups excluding carboxylic acids is 1. The number of fused-ring (bicyclic) bond motifs is 5. The van der Waals surface area contributed by atoms with Crippen molar-refractivity contribution in [2.24, 2.45) is 34.5 Å². The Balaban J connectivity index is 1.47. The lowest BCUT2D eigenvalue weighted by atomic mass is 9.48. The largest absolute Gasteiger partial charge is 0.478 e. The zero-order valence-electron chi connectivity index (χ0n) is 20.3. The van der Waals surface area contributed by atoms with Gasteiger partial charge in [-0.3, -0.25) is 4.79 Å². The normalized spacial score (nSPS) is 37.8. The Morgan fingerprint density at radius 3 is 2.67 bits per heavy atom. The van der Waals surface area contributed by atoms with Crippen molar-refractivity contribution in [2.45, 2.75) is 78.2 Å². The summed E-state index contributed by atoms with van der Waals surface area (Å²) in [6.45, 7) is 8.56. The molecule has 6 atom stereocenters. The van der Waals surface area contributed by atoms with Crippen LogP contribution < -0.4 is 5.32 Å². The average Bonchev–Trinajstić information content (AvgIpc) is 3.42. The van der Waals surface area contributed by atoms with Gasteiger partial charge < -0.3 is 14.8 Å². The number of hydrogen-bond donors (Lipinski definition) is 2. The highest BCUT2D eigenvalue weighted by Gasteiger charge is 2.57. The second-order valence-corrected chi connectivity index (χ2v) is 12.0. The van der Waals surface area contributed by atoms with Crippen LogP contribution in [-0.4, -0.2) is 17.0 Å². The van der Waals surface area contributed by atoms with Gasteiger partial charge in [0.25, 0.3) is 0 Å². The lowest BCUT2D eigenvalue weighted by Crippen LogP contribution is -2.52. The van der Waals surface area contributed by atoms with Crippen molar-refractivity contribution in [3.8, 4) is 0 Å². The van der Waals surface area contributed by atoms with Crippen molar-refractivity contribution in [3.63, 3.8) is 0 Å². The first-order chi connectivity index (χ1) is 15.6. The number of nitrogens with one attached hydrogen (secondary N) is 1. The molecule has 0 saturated heterocycles. The van der Waals surface area contributed by atoms with Crippen molar-refractivity contribution in [1.29, 1.82) is 0 Å². The maximum atomic E-state index is 13.6. The standard InChI is InChI=1S/C28H37NO4/c1-26(2,23-8-6-14-33-23)29-24(30)20-16-28(4)17(15-19(20)25(31)32)9-10-18-21-7-5-12-27(21,3)13-11-22(18)28/h6,8-9,14-15,18,20-22H,5,7,10-13,16H2,1-4H3,(H,29,30)(H,31,32)/t18-,20?,21-,22-,27-,28-/m0/s1. The van der Waals surface area contributed by atoms with Crippen LogP contribution in [0, 0.1) is 34.5 Å². The van der Waals surface area contributed by atoms with Gasteiger partial charge in [0.05, 0.1) is 17.7 Å². The molecule has 4 aliphatic rings. The maximum absolute atomic E-state index is 13.6. The van der Waals surface area contributed by atoms with Gasteiger partial charge in [-0.05, 0) is 105 Å². The van der Waals surface area contributed by atoms with Crippen LogP contribution in [0.4, 0.5) is 0 Å². The van der Waals surface area contributed by atoms with E-state index in [1.165, 1.54) is 32.1 Å². The van der Waals surface area contributed by atoms with E-state index in [9.17, 15) is 14.7 Å². The molecule has 5 nitrogen and oxygen atoms in total. The van der Waals surface area contributed by atoms with E-state index in [1.807, 2.05) is 26.0 Å². The SMILES string of the molecule is CC(C)(NC(=O)C1C[C@@]2(C)C(=CC[C@H]3[C@@H]4CCC[C@@]4(C)CC[C@@H]32)C=C1C(=O)O)c1ccco1. The van der Waals surface area contributed by atoms with Gasteiger partial charge in [0.15, 0.2) is 0 Å². The van der Waals surface area contributed by atoms with Crippen LogP contribution in [0.3, 0.4) is 0 Å².